The van der Waals surface area contributed by atoms with Crippen molar-refractivity contribution in [1.82, 2.24) is 4.90 Å². The first-order valence-electron chi connectivity index (χ1n) is 6.82. The van der Waals surface area contributed by atoms with Gasteiger partial charge in [0.25, 0.3) is 0 Å². The Labute approximate surface area is 124 Å². The number of nitrogens with zero attached hydrogens (tertiary/aromatic N) is 1. The lowest BCUT2D eigenvalue weighted by Crippen LogP contribution is -2.43. The van der Waals surface area contributed by atoms with Gasteiger partial charge in [-0.05, 0) is 38.4 Å². The van der Waals surface area contributed by atoms with Gasteiger partial charge in [0.1, 0.15) is 0 Å². The number of benzene rings is 1. The molecule has 0 bridgehead atoms. The predicted octanol–water partition coefficient (Wildman–Crippen LogP) is 2.12. The van der Waals surface area contributed by atoms with Crippen LogP contribution in [-0.2, 0) is 4.79 Å². The Bertz CT molecular complexity index is 493. The van der Waals surface area contributed by atoms with E-state index in [9.17, 15) is 4.79 Å². The molecular weight excluding hydrogens is 272 g/mol. The molecule has 5 heteroatoms. The molecule has 1 aliphatic rings. The van der Waals surface area contributed by atoms with E-state index in [0.717, 1.165) is 5.56 Å². The number of likely N-dealkylation sites (tertiary alicyclic amines) is 1. The zero-order valence-electron chi connectivity index (χ0n) is 11.6. The normalized spacial score (nSPS) is 18.6. The summed E-state index contributed by atoms with van der Waals surface area (Å²) in [5.74, 6) is -0.942. The second-order valence-electron chi connectivity index (χ2n) is 5.36. The number of carboxylic acids is 1. The quantitative estimate of drug-likeness (QED) is 0.832. The third-order valence-corrected chi connectivity index (χ3v) is 4.13. The van der Waals surface area contributed by atoms with E-state index < -0.39 is 5.97 Å². The molecule has 2 rings (SSSR count). The Hall–Kier alpha value is -1.46. The molecule has 1 atom stereocenters. The van der Waals surface area contributed by atoms with E-state index in [-0.39, 0.29) is 12.0 Å². The molecule has 1 saturated heterocycles. The number of rotatable bonds is 4. The second-order valence-corrected chi connectivity index (χ2v) is 5.84. The first-order chi connectivity index (χ1) is 9.49. The molecule has 1 unspecified atom stereocenters. The van der Waals surface area contributed by atoms with Crippen LogP contribution in [0.15, 0.2) is 24.3 Å². The Balaban J connectivity index is 2.12. The minimum atomic E-state index is -0.702. The van der Waals surface area contributed by atoms with Crippen LogP contribution in [0.4, 0.5) is 0 Å². The van der Waals surface area contributed by atoms with Gasteiger partial charge in [-0.3, -0.25) is 9.69 Å². The molecular formula is C15H20N2O2S. The molecule has 108 valence electrons. The summed E-state index contributed by atoms with van der Waals surface area (Å²) in [7, 11) is 0. The largest absolute Gasteiger partial charge is 0.481 e. The van der Waals surface area contributed by atoms with Gasteiger partial charge in [0.2, 0.25) is 0 Å². The summed E-state index contributed by atoms with van der Waals surface area (Å²) in [6, 6.07) is 8.08. The average Bonchev–Trinajstić information content (AvgIpc) is 2.41. The van der Waals surface area contributed by atoms with Gasteiger partial charge in [-0.25, -0.2) is 0 Å². The third-order valence-electron chi connectivity index (χ3n) is 3.91. The fourth-order valence-electron chi connectivity index (χ4n) is 2.71. The highest BCUT2D eigenvalue weighted by molar-refractivity contribution is 7.80. The maximum atomic E-state index is 11.0. The van der Waals surface area contributed by atoms with E-state index >= 15 is 0 Å². The van der Waals surface area contributed by atoms with Crippen LogP contribution in [0.2, 0.25) is 0 Å². The maximum absolute atomic E-state index is 11.0. The summed E-state index contributed by atoms with van der Waals surface area (Å²) >= 11 is 5.21. The first kappa shape index (κ1) is 14.9. The standard InChI is InChI=1S/C15H20N2O2S/c1-10-2-4-11(5-3-10)13(14(16)20)17-8-6-12(7-9-17)15(18)19/h2-5,12-13H,6-9H2,1H3,(H2,16,20)(H,18,19). The van der Waals surface area contributed by atoms with E-state index in [1.54, 1.807) is 0 Å². The lowest BCUT2D eigenvalue weighted by atomic mass is 9.94. The number of nitrogens with two attached hydrogens (primary N) is 1. The van der Waals surface area contributed by atoms with Crippen molar-refractivity contribution in [3.63, 3.8) is 0 Å². The van der Waals surface area contributed by atoms with E-state index in [1.165, 1.54) is 5.56 Å². The SMILES string of the molecule is Cc1ccc(C(C(N)=S)N2CCC(C(=O)O)CC2)cc1. The molecule has 1 aromatic carbocycles. The number of thiocarbonyl (C=S) groups is 1. The van der Waals surface area contributed by atoms with Crippen LogP contribution >= 0.6 is 12.2 Å². The van der Waals surface area contributed by atoms with Crippen molar-refractivity contribution in [2.24, 2.45) is 11.7 Å². The number of hydrogen-bond acceptors (Lipinski definition) is 3. The van der Waals surface area contributed by atoms with Crippen molar-refractivity contribution < 1.29 is 9.90 Å². The molecule has 0 aliphatic carbocycles. The lowest BCUT2D eigenvalue weighted by Gasteiger charge is -2.36. The maximum Gasteiger partial charge on any atom is 0.306 e. The molecule has 0 saturated carbocycles. The second kappa shape index (κ2) is 6.33. The van der Waals surface area contributed by atoms with Gasteiger partial charge in [0.15, 0.2) is 0 Å². The van der Waals surface area contributed by atoms with Gasteiger partial charge in [-0.15, -0.1) is 0 Å². The third kappa shape index (κ3) is 3.35. The average molecular weight is 292 g/mol. The van der Waals surface area contributed by atoms with Gasteiger partial charge in [-0.1, -0.05) is 42.0 Å². The van der Waals surface area contributed by atoms with E-state index in [4.69, 9.17) is 23.1 Å². The lowest BCUT2D eigenvalue weighted by molar-refractivity contribution is -0.143. The van der Waals surface area contributed by atoms with Crippen LogP contribution < -0.4 is 5.73 Å². The van der Waals surface area contributed by atoms with Gasteiger partial charge in [-0.2, -0.15) is 0 Å². The van der Waals surface area contributed by atoms with Crippen LogP contribution in [0.5, 0.6) is 0 Å². The fourth-order valence-corrected chi connectivity index (χ4v) is 2.99. The van der Waals surface area contributed by atoms with E-state index in [0.29, 0.717) is 30.9 Å². The highest BCUT2D eigenvalue weighted by Crippen LogP contribution is 2.27. The van der Waals surface area contributed by atoms with Crippen LogP contribution in [-0.4, -0.2) is 34.1 Å². The summed E-state index contributed by atoms with van der Waals surface area (Å²) < 4.78 is 0. The molecule has 1 aliphatic heterocycles. The Morgan fingerprint density at radius 2 is 1.90 bits per heavy atom. The molecule has 0 radical (unpaired) electrons. The van der Waals surface area contributed by atoms with Crippen molar-refractivity contribution >= 4 is 23.2 Å². The Kier molecular flexibility index (Phi) is 4.73. The number of carboxylic acid groups (broad SMARTS) is 1. The minimum Gasteiger partial charge on any atom is -0.481 e. The smallest absolute Gasteiger partial charge is 0.306 e. The van der Waals surface area contributed by atoms with Crippen molar-refractivity contribution in [2.45, 2.75) is 25.8 Å². The molecule has 1 fully saturated rings. The fraction of sp³-hybridized carbons (Fsp3) is 0.467. The molecule has 20 heavy (non-hydrogen) atoms. The van der Waals surface area contributed by atoms with Crippen molar-refractivity contribution in [3.05, 3.63) is 35.4 Å². The van der Waals surface area contributed by atoms with E-state index in [1.807, 2.05) is 31.2 Å². The number of piperidine rings is 1. The molecule has 0 amide bonds. The van der Waals surface area contributed by atoms with Crippen molar-refractivity contribution in [3.8, 4) is 0 Å². The zero-order valence-corrected chi connectivity index (χ0v) is 12.4. The monoisotopic (exact) mass is 292 g/mol. The molecule has 0 aromatic heterocycles. The van der Waals surface area contributed by atoms with Crippen molar-refractivity contribution in [2.75, 3.05) is 13.1 Å². The topological polar surface area (TPSA) is 66.6 Å². The highest BCUT2D eigenvalue weighted by Gasteiger charge is 2.30. The zero-order chi connectivity index (χ0) is 14.7. The Morgan fingerprint density at radius 3 is 2.35 bits per heavy atom. The molecule has 0 spiro atoms. The summed E-state index contributed by atoms with van der Waals surface area (Å²) in [6.07, 6.45) is 1.31. The molecule has 1 heterocycles. The van der Waals surface area contributed by atoms with Crippen molar-refractivity contribution in [1.29, 1.82) is 0 Å². The van der Waals surface area contributed by atoms with Gasteiger partial charge < -0.3 is 10.8 Å². The van der Waals surface area contributed by atoms with E-state index in [2.05, 4.69) is 4.90 Å². The number of aliphatic carboxylic acids is 1. The predicted molar refractivity (Wildman–Crippen MR) is 82.6 cm³/mol. The van der Waals surface area contributed by atoms with Gasteiger partial charge in [0.05, 0.1) is 16.9 Å². The summed E-state index contributed by atoms with van der Waals surface area (Å²) in [6.45, 7) is 3.47. The van der Waals surface area contributed by atoms with Crippen LogP contribution in [0.1, 0.15) is 30.0 Å². The number of aryl methyl sites for hydroxylation is 1. The van der Waals surface area contributed by atoms with Crippen LogP contribution in [0.3, 0.4) is 0 Å². The van der Waals surface area contributed by atoms with Gasteiger partial charge in [0, 0.05) is 0 Å². The molecule has 3 N–H and O–H groups in total. The van der Waals surface area contributed by atoms with Crippen LogP contribution in [0.25, 0.3) is 0 Å². The number of hydrogen-bond donors (Lipinski definition) is 2. The summed E-state index contributed by atoms with van der Waals surface area (Å²) in [5.41, 5.74) is 8.18. The summed E-state index contributed by atoms with van der Waals surface area (Å²) in [4.78, 5) is 13.6. The number of carbonyl (C=O) groups is 1. The highest BCUT2D eigenvalue weighted by atomic mass is 32.1. The molecule has 4 nitrogen and oxygen atoms in total. The molecule has 1 aromatic rings. The van der Waals surface area contributed by atoms with Gasteiger partial charge >= 0.3 is 5.97 Å². The summed E-state index contributed by atoms with van der Waals surface area (Å²) in [5, 5.41) is 9.05. The minimum absolute atomic E-state index is 0.0969. The Morgan fingerprint density at radius 1 is 1.35 bits per heavy atom. The van der Waals surface area contributed by atoms with Crippen LogP contribution in [0, 0.1) is 12.8 Å². The first-order valence-corrected chi connectivity index (χ1v) is 7.22.